The molecular weight excluding hydrogens is 367 g/mol. The van der Waals surface area contributed by atoms with Crippen LogP contribution in [-0.4, -0.2) is 47.0 Å². The van der Waals surface area contributed by atoms with E-state index < -0.39 is 0 Å². The van der Waals surface area contributed by atoms with E-state index in [0.717, 1.165) is 11.3 Å². The summed E-state index contributed by atoms with van der Waals surface area (Å²) < 4.78 is 13.1. The Morgan fingerprint density at radius 3 is 2.34 bits per heavy atom. The van der Waals surface area contributed by atoms with E-state index in [9.17, 15) is 9.18 Å². The second-order valence-corrected chi connectivity index (χ2v) is 7.20. The van der Waals surface area contributed by atoms with Gasteiger partial charge in [-0.05, 0) is 36.8 Å². The number of amides is 1. The average molecular weight is 390 g/mol. The molecule has 4 rings (SSSR count). The van der Waals surface area contributed by atoms with E-state index in [2.05, 4.69) is 14.9 Å². The molecule has 0 atom stereocenters. The first-order valence-electron chi connectivity index (χ1n) is 9.76. The van der Waals surface area contributed by atoms with Gasteiger partial charge in [0.15, 0.2) is 0 Å². The van der Waals surface area contributed by atoms with Gasteiger partial charge in [0.05, 0.1) is 11.3 Å². The van der Waals surface area contributed by atoms with Gasteiger partial charge in [0.1, 0.15) is 11.6 Å². The summed E-state index contributed by atoms with van der Waals surface area (Å²) in [6.07, 6.45) is 2.29. The highest BCUT2D eigenvalue weighted by Crippen LogP contribution is 2.18. The molecule has 148 valence electrons. The summed E-state index contributed by atoms with van der Waals surface area (Å²) in [4.78, 5) is 25.9. The van der Waals surface area contributed by atoms with E-state index in [4.69, 9.17) is 0 Å². The Labute approximate surface area is 169 Å². The van der Waals surface area contributed by atoms with Crippen molar-refractivity contribution in [3.8, 4) is 0 Å². The van der Waals surface area contributed by atoms with Crippen LogP contribution in [0.1, 0.15) is 27.4 Å². The largest absolute Gasteiger partial charge is 0.368 e. The Hall–Kier alpha value is -3.28. The molecule has 1 amide bonds. The van der Waals surface area contributed by atoms with Crippen LogP contribution in [0.15, 0.2) is 60.8 Å². The highest BCUT2D eigenvalue weighted by atomic mass is 19.1. The Morgan fingerprint density at radius 1 is 1.00 bits per heavy atom. The molecule has 1 aliphatic rings. The number of carbonyl (C=O) groups excluding carboxylic acids is 1. The number of aromatic nitrogens is 2. The summed E-state index contributed by atoms with van der Waals surface area (Å²) >= 11 is 0. The van der Waals surface area contributed by atoms with Gasteiger partial charge < -0.3 is 9.80 Å². The van der Waals surface area contributed by atoms with Crippen molar-refractivity contribution in [1.29, 1.82) is 0 Å². The second kappa shape index (κ2) is 8.39. The van der Waals surface area contributed by atoms with Gasteiger partial charge in [0.25, 0.3) is 5.91 Å². The smallest absolute Gasteiger partial charge is 0.257 e. The highest BCUT2D eigenvalue weighted by Gasteiger charge is 2.24. The van der Waals surface area contributed by atoms with Crippen LogP contribution in [0.3, 0.4) is 0 Å². The minimum atomic E-state index is -0.242. The van der Waals surface area contributed by atoms with E-state index in [1.165, 1.54) is 12.1 Å². The standard InChI is InChI=1S/C23H23FN4O/c1-17-21(16-25-22(26-17)15-18-5-3-2-4-6-18)23(29)28-13-11-27(12-14-28)20-9-7-19(24)8-10-20/h2-10,16H,11-15H2,1H3. The lowest BCUT2D eigenvalue weighted by Gasteiger charge is -2.36. The summed E-state index contributed by atoms with van der Waals surface area (Å²) in [6, 6.07) is 16.5. The molecule has 1 aliphatic heterocycles. The number of aryl methyl sites for hydroxylation is 1. The van der Waals surface area contributed by atoms with E-state index >= 15 is 0 Å². The summed E-state index contributed by atoms with van der Waals surface area (Å²) in [5, 5.41) is 0. The maximum Gasteiger partial charge on any atom is 0.257 e. The molecule has 1 saturated heterocycles. The molecule has 29 heavy (non-hydrogen) atoms. The third kappa shape index (κ3) is 4.42. The molecule has 1 fully saturated rings. The van der Waals surface area contributed by atoms with E-state index in [0.29, 0.717) is 49.7 Å². The van der Waals surface area contributed by atoms with Crippen molar-refractivity contribution < 1.29 is 9.18 Å². The summed E-state index contributed by atoms with van der Waals surface area (Å²) in [5.41, 5.74) is 3.38. The predicted octanol–water partition coefficient (Wildman–Crippen LogP) is 3.48. The molecule has 2 heterocycles. The molecule has 0 N–H and O–H groups in total. The molecule has 5 nitrogen and oxygen atoms in total. The minimum Gasteiger partial charge on any atom is -0.368 e. The molecule has 1 aromatic heterocycles. The van der Waals surface area contributed by atoms with Gasteiger partial charge in [0.2, 0.25) is 0 Å². The van der Waals surface area contributed by atoms with Crippen LogP contribution in [0.4, 0.5) is 10.1 Å². The first-order valence-corrected chi connectivity index (χ1v) is 9.76. The molecule has 0 unspecified atom stereocenters. The summed E-state index contributed by atoms with van der Waals surface area (Å²) in [7, 11) is 0. The van der Waals surface area contributed by atoms with Gasteiger partial charge in [-0.3, -0.25) is 4.79 Å². The van der Waals surface area contributed by atoms with Crippen molar-refractivity contribution in [2.24, 2.45) is 0 Å². The summed E-state index contributed by atoms with van der Waals surface area (Å²) in [6.45, 7) is 4.51. The van der Waals surface area contributed by atoms with Crippen molar-refractivity contribution >= 4 is 11.6 Å². The number of carbonyl (C=O) groups is 1. The van der Waals surface area contributed by atoms with Crippen LogP contribution in [0.5, 0.6) is 0 Å². The summed E-state index contributed by atoms with van der Waals surface area (Å²) in [5.74, 6) is 0.438. The average Bonchev–Trinajstić information content (AvgIpc) is 2.75. The van der Waals surface area contributed by atoms with Crippen LogP contribution in [-0.2, 0) is 6.42 Å². The van der Waals surface area contributed by atoms with Crippen LogP contribution < -0.4 is 4.90 Å². The molecule has 6 heteroatoms. The first kappa shape index (κ1) is 19.1. The van der Waals surface area contributed by atoms with Crippen LogP contribution in [0, 0.1) is 12.7 Å². The number of anilines is 1. The number of hydrogen-bond donors (Lipinski definition) is 0. The van der Waals surface area contributed by atoms with Gasteiger partial charge in [-0.25, -0.2) is 14.4 Å². The normalized spacial score (nSPS) is 14.1. The Balaban J connectivity index is 1.40. The molecular formula is C23H23FN4O. The van der Waals surface area contributed by atoms with Gasteiger partial charge in [0, 0.05) is 44.5 Å². The van der Waals surface area contributed by atoms with Crippen LogP contribution in [0.2, 0.25) is 0 Å². The molecule has 0 aliphatic carbocycles. The number of benzene rings is 2. The minimum absolute atomic E-state index is 0.0347. The topological polar surface area (TPSA) is 49.3 Å². The lowest BCUT2D eigenvalue weighted by Crippen LogP contribution is -2.49. The van der Waals surface area contributed by atoms with Gasteiger partial charge in [-0.2, -0.15) is 0 Å². The van der Waals surface area contributed by atoms with Crippen molar-refractivity contribution in [2.75, 3.05) is 31.1 Å². The Kier molecular flexibility index (Phi) is 5.51. The lowest BCUT2D eigenvalue weighted by molar-refractivity contribution is 0.0745. The molecule has 0 radical (unpaired) electrons. The van der Waals surface area contributed by atoms with Crippen molar-refractivity contribution in [3.63, 3.8) is 0 Å². The first-order chi connectivity index (χ1) is 14.1. The Bertz CT molecular complexity index is 984. The number of piperazine rings is 1. The molecule has 2 aromatic carbocycles. The van der Waals surface area contributed by atoms with E-state index in [-0.39, 0.29) is 11.7 Å². The second-order valence-electron chi connectivity index (χ2n) is 7.20. The fraction of sp³-hybridized carbons (Fsp3) is 0.261. The molecule has 0 bridgehead atoms. The maximum atomic E-state index is 13.1. The number of rotatable bonds is 4. The zero-order valence-corrected chi connectivity index (χ0v) is 16.4. The zero-order valence-electron chi connectivity index (χ0n) is 16.4. The third-order valence-corrected chi connectivity index (χ3v) is 5.22. The highest BCUT2D eigenvalue weighted by molar-refractivity contribution is 5.95. The van der Waals surface area contributed by atoms with Crippen LogP contribution >= 0.6 is 0 Å². The van der Waals surface area contributed by atoms with Crippen LogP contribution in [0.25, 0.3) is 0 Å². The van der Waals surface area contributed by atoms with E-state index in [1.54, 1.807) is 18.3 Å². The fourth-order valence-electron chi connectivity index (χ4n) is 3.58. The monoisotopic (exact) mass is 390 g/mol. The predicted molar refractivity (Wildman–Crippen MR) is 111 cm³/mol. The fourth-order valence-corrected chi connectivity index (χ4v) is 3.58. The number of halogens is 1. The van der Waals surface area contributed by atoms with Crippen molar-refractivity contribution in [3.05, 3.63) is 89.3 Å². The molecule has 0 spiro atoms. The molecule has 3 aromatic rings. The van der Waals surface area contributed by atoms with Gasteiger partial charge in [-0.1, -0.05) is 30.3 Å². The Morgan fingerprint density at radius 2 is 1.69 bits per heavy atom. The van der Waals surface area contributed by atoms with Crippen molar-refractivity contribution in [2.45, 2.75) is 13.3 Å². The molecule has 0 saturated carbocycles. The van der Waals surface area contributed by atoms with Gasteiger partial charge in [-0.15, -0.1) is 0 Å². The third-order valence-electron chi connectivity index (χ3n) is 5.22. The number of nitrogens with zero attached hydrogens (tertiary/aromatic N) is 4. The maximum absolute atomic E-state index is 13.1. The number of hydrogen-bond acceptors (Lipinski definition) is 4. The van der Waals surface area contributed by atoms with E-state index in [1.807, 2.05) is 42.2 Å². The zero-order chi connectivity index (χ0) is 20.2. The van der Waals surface area contributed by atoms with Gasteiger partial charge >= 0.3 is 0 Å². The quantitative estimate of drug-likeness (QED) is 0.684. The SMILES string of the molecule is Cc1nc(Cc2ccccc2)ncc1C(=O)N1CCN(c2ccc(F)cc2)CC1. The van der Waals surface area contributed by atoms with Crippen molar-refractivity contribution in [1.82, 2.24) is 14.9 Å². The lowest BCUT2D eigenvalue weighted by atomic mass is 10.1.